The van der Waals surface area contributed by atoms with Crippen LogP contribution in [0, 0.1) is 25.2 Å². The summed E-state index contributed by atoms with van der Waals surface area (Å²) in [7, 11) is 0. The molecule has 2 N–H and O–H groups in total. The van der Waals surface area contributed by atoms with Gasteiger partial charge in [0.1, 0.15) is 18.5 Å². The molecule has 0 fully saturated rings. The summed E-state index contributed by atoms with van der Waals surface area (Å²) in [6.45, 7) is 2.31. The highest BCUT2D eigenvalue weighted by Gasteiger charge is 2.27. The van der Waals surface area contributed by atoms with Gasteiger partial charge in [0.2, 0.25) is 0 Å². The third kappa shape index (κ3) is 3.17. The number of nitriles is 1. The number of nitrogen functional groups attached to an aromatic ring is 1. The summed E-state index contributed by atoms with van der Waals surface area (Å²) in [5.74, 6) is 0.267. The molecule has 0 radical (unpaired) electrons. The number of alkyl halides is 3. The number of anilines is 1. The molecular weight excluding hydrogens is 247 g/mol. The molecule has 0 spiro atoms. The molecule has 0 aromatic carbocycles. The lowest BCUT2D eigenvalue weighted by Gasteiger charge is -2.11. The molecule has 0 aliphatic rings. The lowest BCUT2D eigenvalue weighted by Crippen LogP contribution is -2.19. The molecule has 1 aromatic rings. The van der Waals surface area contributed by atoms with E-state index in [4.69, 9.17) is 11.0 Å². The molecule has 0 unspecified atom stereocenters. The van der Waals surface area contributed by atoms with Crippen LogP contribution in [-0.2, 0) is 11.3 Å². The SMILES string of the molecule is Cc1c(C#N)c(N)n(CCOCC(F)(F)F)c1C. The Morgan fingerprint density at radius 2 is 2.00 bits per heavy atom. The molecule has 0 aliphatic heterocycles. The Labute approximate surface area is 103 Å². The van der Waals surface area contributed by atoms with E-state index in [1.165, 1.54) is 0 Å². The first-order valence-corrected chi connectivity index (χ1v) is 5.27. The predicted molar refractivity (Wildman–Crippen MR) is 59.9 cm³/mol. The number of rotatable bonds is 4. The second kappa shape index (κ2) is 5.31. The summed E-state index contributed by atoms with van der Waals surface area (Å²) in [6.07, 6.45) is -4.33. The third-order valence-electron chi connectivity index (χ3n) is 2.71. The first-order chi connectivity index (χ1) is 8.28. The highest BCUT2D eigenvalue weighted by atomic mass is 19.4. The molecule has 0 bridgehead atoms. The molecule has 0 aliphatic carbocycles. The van der Waals surface area contributed by atoms with E-state index in [2.05, 4.69) is 4.74 Å². The van der Waals surface area contributed by atoms with Crippen molar-refractivity contribution >= 4 is 5.82 Å². The summed E-state index contributed by atoms with van der Waals surface area (Å²) in [5.41, 5.74) is 7.62. The summed E-state index contributed by atoms with van der Waals surface area (Å²) in [5, 5.41) is 8.89. The molecule has 0 amide bonds. The highest BCUT2D eigenvalue weighted by molar-refractivity contribution is 5.57. The van der Waals surface area contributed by atoms with Crippen LogP contribution in [0.5, 0.6) is 0 Å². The van der Waals surface area contributed by atoms with E-state index in [-0.39, 0.29) is 19.0 Å². The van der Waals surface area contributed by atoms with Crippen LogP contribution >= 0.6 is 0 Å². The van der Waals surface area contributed by atoms with Crippen molar-refractivity contribution in [2.45, 2.75) is 26.6 Å². The molecule has 1 rings (SSSR count). The lowest BCUT2D eigenvalue weighted by molar-refractivity contribution is -0.174. The van der Waals surface area contributed by atoms with Gasteiger partial charge in [-0.2, -0.15) is 18.4 Å². The summed E-state index contributed by atoms with van der Waals surface area (Å²) in [4.78, 5) is 0. The normalized spacial score (nSPS) is 11.6. The van der Waals surface area contributed by atoms with Gasteiger partial charge in [0.05, 0.1) is 12.2 Å². The second-order valence-electron chi connectivity index (χ2n) is 3.90. The molecule has 0 saturated heterocycles. The van der Waals surface area contributed by atoms with Crippen LogP contribution in [0.4, 0.5) is 19.0 Å². The Kier molecular flexibility index (Phi) is 4.24. The van der Waals surface area contributed by atoms with Crippen molar-refractivity contribution in [3.05, 3.63) is 16.8 Å². The minimum absolute atomic E-state index is 0.108. The van der Waals surface area contributed by atoms with Crippen LogP contribution in [0.3, 0.4) is 0 Å². The van der Waals surface area contributed by atoms with Crippen LogP contribution in [-0.4, -0.2) is 24.0 Å². The molecule has 0 atom stereocenters. The van der Waals surface area contributed by atoms with Crippen molar-refractivity contribution in [2.24, 2.45) is 0 Å². The minimum atomic E-state index is -4.33. The Balaban J connectivity index is 2.67. The maximum atomic E-state index is 11.9. The number of aromatic nitrogens is 1. The molecule has 0 saturated carbocycles. The number of nitrogens with zero attached hydrogens (tertiary/aromatic N) is 2. The third-order valence-corrected chi connectivity index (χ3v) is 2.71. The largest absolute Gasteiger partial charge is 0.411 e. The fraction of sp³-hybridized carbons (Fsp3) is 0.545. The number of hydrogen-bond acceptors (Lipinski definition) is 3. The molecule has 1 aromatic heterocycles. The van der Waals surface area contributed by atoms with Gasteiger partial charge in [-0.25, -0.2) is 0 Å². The Morgan fingerprint density at radius 1 is 1.39 bits per heavy atom. The van der Waals surface area contributed by atoms with Gasteiger partial charge in [-0.05, 0) is 19.4 Å². The van der Waals surface area contributed by atoms with Gasteiger partial charge in [0.15, 0.2) is 0 Å². The number of ether oxygens (including phenoxy) is 1. The first kappa shape index (κ1) is 14.4. The van der Waals surface area contributed by atoms with Crippen LogP contribution in [0.15, 0.2) is 0 Å². The van der Waals surface area contributed by atoms with Crippen LogP contribution in [0.2, 0.25) is 0 Å². The maximum Gasteiger partial charge on any atom is 0.411 e. The van der Waals surface area contributed by atoms with Gasteiger partial charge in [-0.3, -0.25) is 0 Å². The first-order valence-electron chi connectivity index (χ1n) is 5.27. The van der Waals surface area contributed by atoms with Crippen LogP contribution in [0.1, 0.15) is 16.8 Å². The molecule has 100 valence electrons. The number of nitrogens with two attached hydrogens (primary N) is 1. The summed E-state index contributed by atoms with van der Waals surface area (Å²) >= 11 is 0. The number of hydrogen-bond donors (Lipinski definition) is 1. The van der Waals surface area contributed by atoms with Gasteiger partial charge in [-0.15, -0.1) is 0 Å². The second-order valence-corrected chi connectivity index (χ2v) is 3.90. The zero-order valence-corrected chi connectivity index (χ0v) is 10.1. The van der Waals surface area contributed by atoms with Gasteiger partial charge >= 0.3 is 6.18 Å². The smallest absolute Gasteiger partial charge is 0.384 e. The van der Waals surface area contributed by atoms with E-state index < -0.39 is 12.8 Å². The van der Waals surface area contributed by atoms with Crippen molar-refractivity contribution in [2.75, 3.05) is 18.9 Å². The van der Waals surface area contributed by atoms with E-state index >= 15 is 0 Å². The zero-order chi connectivity index (χ0) is 13.9. The van der Waals surface area contributed by atoms with Gasteiger partial charge in [-0.1, -0.05) is 0 Å². The summed E-state index contributed by atoms with van der Waals surface area (Å²) in [6, 6.07) is 1.97. The average molecular weight is 261 g/mol. The average Bonchev–Trinajstić information content (AvgIpc) is 2.46. The van der Waals surface area contributed by atoms with E-state index in [9.17, 15) is 13.2 Å². The predicted octanol–water partition coefficient (Wildman–Crippen LogP) is 2.14. The zero-order valence-electron chi connectivity index (χ0n) is 10.1. The standard InChI is InChI=1S/C11H14F3N3O/c1-7-8(2)17(10(16)9(7)5-15)3-4-18-6-11(12,13)14/h3-4,6,16H2,1-2H3. The van der Waals surface area contributed by atoms with Crippen molar-refractivity contribution in [1.82, 2.24) is 4.57 Å². The Bertz CT molecular complexity index is 471. The highest BCUT2D eigenvalue weighted by Crippen LogP contribution is 2.23. The molecule has 18 heavy (non-hydrogen) atoms. The summed E-state index contributed by atoms with van der Waals surface area (Å²) < 4.78 is 41.7. The monoisotopic (exact) mass is 261 g/mol. The van der Waals surface area contributed by atoms with E-state index in [1.54, 1.807) is 18.4 Å². The topological polar surface area (TPSA) is 64.0 Å². The van der Waals surface area contributed by atoms with Crippen molar-refractivity contribution in [1.29, 1.82) is 5.26 Å². The van der Waals surface area contributed by atoms with E-state index in [0.29, 0.717) is 5.56 Å². The minimum Gasteiger partial charge on any atom is -0.384 e. The molecule has 1 heterocycles. The van der Waals surface area contributed by atoms with E-state index in [1.807, 2.05) is 6.07 Å². The molecule has 4 nitrogen and oxygen atoms in total. The van der Waals surface area contributed by atoms with Gasteiger partial charge in [0, 0.05) is 12.2 Å². The fourth-order valence-electron chi connectivity index (χ4n) is 1.66. The van der Waals surface area contributed by atoms with Crippen LogP contribution < -0.4 is 5.73 Å². The maximum absolute atomic E-state index is 11.9. The number of halogens is 3. The van der Waals surface area contributed by atoms with Crippen molar-refractivity contribution in [3.8, 4) is 6.07 Å². The lowest BCUT2D eigenvalue weighted by atomic mass is 10.2. The Morgan fingerprint density at radius 3 is 2.44 bits per heavy atom. The Hall–Kier alpha value is -1.68. The van der Waals surface area contributed by atoms with Crippen LogP contribution in [0.25, 0.3) is 0 Å². The van der Waals surface area contributed by atoms with Crippen molar-refractivity contribution < 1.29 is 17.9 Å². The van der Waals surface area contributed by atoms with E-state index in [0.717, 1.165) is 11.3 Å². The molecular formula is C11H14F3N3O. The molecule has 7 heteroatoms. The quantitative estimate of drug-likeness (QED) is 0.844. The van der Waals surface area contributed by atoms with Gasteiger partial charge in [0.25, 0.3) is 0 Å². The van der Waals surface area contributed by atoms with Crippen molar-refractivity contribution in [3.63, 3.8) is 0 Å². The van der Waals surface area contributed by atoms with Gasteiger partial charge < -0.3 is 15.0 Å². The fourth-order valence-corrected chi connectivity index (χ4v) is 1.66.